The topological polar surface area (TPSA) is 29.0 Å². The molecular weight excluding hydrogens is 292 g/mol. The van der Waals surface area contributed by atoms with Crippen LogP contribution in [-0.4, -0.2) is 9.97 Å². The second-order valence-electron chi connectivity index (χ2n) is 3.22. The molecule has 0 fully saturated rings. The molecule has 0 bridgehead atoms. The van der Waals surface area contributed by atoms with E-state index in [4.69, 9.17) is 0 Å². The number of hydrogen-bond acceptors (Lipinski definition) is 3. The third-order valence-corrected chi connectivity index (χ3v) is 2.80. The largest absolute Gasteiger partial charge is 0.264 e. The third kappa shape index (κ3) is 2.76. The minimum absolute atomic E-state index is 0.0737. The summed E-state index contributed by atoms with van der Waals surface area (Å²) < 4.78 is 26.5. The van der Waals surface area contributed by atoms with E-state index in [-0.39, 0.29) is 5.56 Å². The number of hydrogen-bond donors (Lipinski definition) is 0. The lowest BCUT2D eigenvalue weighted by atomic mass is 10.3. The second-order valence-corrected chi connectivity index (χ2v) is 3.93. The zero-order valence-corrected chi connectivity index (χ0v) is 10.2. The first-order valence-electron chi connectivity index (χ1n) is 4.79. The van der Waals surface area contributed by atoms with Gasteiger partial charge in [-0.2, -0.15) is 0 Å². The van der Waals surface area contributed by atoms with E-state index in [9.17, 15) is 8.78 Å². The average molecular weight is 300 g/mol. The van der Waals surface area contributed by atoms with E-state index in [0.29, 0.717) is 11.6 Å². The van der Waals surface area contributed by atoms with Crippen LogP contribution in [0.3, 0.4) is 0 Å². The molecule has 0 spiro atoms. The summed E-state index contributed by atoms with van der Waals surface area (Å²) in [5.74, 6) is 0.938. The van der Waals surface area contributed by atoms with Crippen molar-refractivity contribution in [3.05, 3.63) is 48.3 Å². The molecular formula is C11H8BrF2N3. The fraction of sp³-hybridized carbons (Fsp3) is 0.0909. The summed E-state index contributed by atoms with van der Waals surface area (Å²) in [6.07, 6.45) is 0.440. The van der Waals surface area contributed by atoms with Gasteiger partial charge in [-0.3, -0.25) is 0 Å². The van der Waals surface area contributed by atoms with Gasteiger partial charge in [0.15, 0.2) is 0 Å². The van der Waals surface area contributed by atoms with Crippen molar-refractivity contribution >= 4 is 27.8 Å². The van der Waals surface area contributed by atoms with Gasteiger partial charge in [0, 0.05) is 18.0 Å². The van der Waals surface area contributed by atoms with Crippen LogP contribution in [0.4, 0.5) is 20.4 Å². The molecule has 0 saturated carbocycles. The maximum absolute atomic E-state index is 12.5. The number of aromatic nitrogens is 2. The van der Waals surface area contributed by atoms with E-state index in [1.54, 1.807) is 24.4 Å². The van der Waals surface area contributed by atoms with Crippen LogP contribution < -0.4 is 3.93 Å². The SMILES string of the molecule is FC(F)c1ccnc(N(Br)c2ccccn2)c1. The lowest BCUT2D eigenvalue weighted by Gasteiger charge is -2.14. The number of halogens is 3. The van der Waals surface area contributed by atoms with Crippen LogP contribution >= 0.6 is 16.1 Å². The minimum atomic E-state index is -2.51. The molecule has 0 N–H and O–H groups in total. The average Bonchev–Trinajstić information content (AvgIpc) is 2.39. The quantitative estimate of drug-likeness (QED) is 0.806. The highest BCUT2D eigenvalue weighted by Gasteiger charge is 2.12. The summed E-state index contributed by atoms with van der Waals surface area (Å²) >= 11 is 3.24. The van der Waals surface area contributed by atoms with Crippen molar-refractivity contribution in [3.8, 4) is 0 Å². The van der Waals surface area contributed by atoms with Crippen LogP contribution in [0.1, 0.15) is 12.0 Å². The molecule has 0 amide bonds. The molecule has 0 radical (unpaired) electrons. The number of alkyl halides is 2. The van der Waals surface area contributed by atoms with Gasteiger partial charge >= 0.3 is 0 Å². The highest BCUT2D eigenvalue weighted by molar-refractivity contribution is 9.10. The van der Waals surface area contributed by atoms with Crippen molar-refractivity contribution in [3.63, 3.8) is 0 Å². The molecule has 0 unspecified atom stereocenters. The van der Waals surface area contributed by atoms with Gasteiger partial charge in [-0.15, -0.1) is 0 Å². The van der Waals surface area contributed by atoms with E-state index >= 15 is 0 Å². The standard InChI is InChI=1S/C11H8BrF2N3/c12-17(9-3-1-2-5-15-9)10-7-8(11(13)14)4-6-16-10/h1-7,11H. The number of anilines is 2. The molecule has 0 aliphatic heterocycles. The zero-order chi connectivity index (χ0) is 12.3. The van der Waals surface area contributed by atoms with Gasteiger partial charge in [0.1, 0.15) is 11.6 Å². The lowest BCUT2D eigenvalue weighted by molar-refractivity contribution is 0.151. The number of pyridine rings is 2. The Bertz CT molecular complexity index is 493. The molecule has 0 saturated heterocycles. The second kappa shape index (κ2) is 5.18. The zero-order valence-electron chi connectivity index (χ0n) is 8.59. The van der Waals surface area contributed by atoms with Crippen LogP contribution in [0.15, 0.2) is 42.7 Å². The third-order valence-electron chi connectivity index (χ3n) is 2.07. The van der Waals surface area contributed by atoms with Crippen molar-refractivity contribution in [2.24, 2.45) is 0 Å². The number of nitrogens with zero attached hydrogens (tertiary/aromatic N) is 3. The van der Waals surface area contributed by atoms with Gasteiger partial charge in [-0.1, -0.05) is 6.07 Å². The maximum Gasteiger partial charge on any atom is 0.264 e. The summed E-state index contributed by atoms with van der Waals surface area (Å²) in [4.78, 5) is 8.08. The molecule has 2 aromatic rings. The first-order valence-corrected chi connectivity index (χ1v) is 5.50. The Morgan fingerprint density at radius 3 is 2.47 bits per heavy atom. The first kappa shape index (κ1) is 11.9. The molecule has 6 heteroatoms. The Labute approximate surface area is 105 Å². The molecule has 2 aromatic heterocycles. The van der Waals surface area contributed by atoms with Crippen LogP contribution in [0.25, 0.3) is 0 Å². The molecule has 0 aliphatic carbocycles. The first-order chi connectivity index (χ1) is 8.18. The highest BCUT2D eigenvalue weighted by Crippen LogP contribution is 2.28. The highest BCUT2D eigenvalue weighted by atomic mass is 79.9. The summed E-state index contributed by atoms with van der Waals surface area (Å²) in [6, 6.07) is 7.91. The predicted octanol–water partition coefficient (Wildman–Crippen LogP) is 3.86. The van der Waals surface area contributed by atoms with E-state index in [1.165, 1.54) is 22.3 Å². The molecule has 2 rings (SSSR count). The van der Waals surface area contributed by atoms with Gasteiger partial charge in [0.05, 0.1) is 16.1 Å². The maximum atomic E-state index is 12.5. The summed E-state index contributed by atoms with van der Waals surface area (Å²) in [7, 11) is 0. The van der Waals surface area contributed by atoms with Crippen LogP contribution in [0, 0.1) is 0 Å². The van der Waals surface area contributed by atoms with E-state index in [1.807, 2.05) is 0 Å². The van der Waals surface area contributed by atoms with Crippen molar-refractivity contribution in [2.75, 3.05) is 3.93 Å². The summed E-state index contributed by atoms with van der Waals surface area (Å²) in [6.45, 7) is 0. The van der Waals surface area contributed by atoms with Crippen molar-refractivity contribution in [1.82, 2.24) is 9.97 Å². The van der Waals surface area contributed by atoms with Gasteiger partial charge in [-0.05, 0) is 24.3 Å². The monoisotopic (exact) mass is 299 g/mol. The molecule has 2 heterocycles. The van der Waals surface area contributed by atoms with Crippen LogP contribution in [-0.2, 0) is 0 Å². The van der Waals surface area contributed by atoms with Crippen LogP contribution in [0.2, 0.25) is 0 Å². The predicted molar refractivity (Wildman–Crippen MR) is 64.5 cm³/mol. The Hall–Kier alpha value is -1.56. The smallest absolute Gasteiger partial charge is 0.243 e. The Morgan fingerprint density at radius 2 is 1.82 bits per heavy atom. The molecule has 0 aliphatic rings. The molecule has 17 heavy (non-hydrogen) atoms. The lowest BCUT2D eigenvalue weighted by Crippen LogP contribution is -2.05. The Morgan fingerprint density at radius 1 is 1.06 bits per heavy atom. The van der Waals surface area contributed by atoms with Gasteiger partial charge in [0.2, 0.25) is 0 Å². The van der Waals surface area contributed by atoms with E-state index in [0.717, 1.165) is 0 Å². The van der Waals surface area contributed by atoms with Crippen molar-refractivity contribution in [2.45, 2.75) is 6.43 Å². The fourth-order valence-electron chi connectivity index (χ4n) is 1.26. The molecule has 0 atom stereocenters. The van der Waals surface area contributed by atoms with Crippen molar-refractivity contribution in [1.29, 1.82) is 0 Å². The normalized spacial score (nSPS) is 10.6. The minimum Gasteiger partial charge on any atom is -0.243 e. The van der Waals surface area contributed by atoms with Crippen molar-refractivity contribution < 1.29 is 8.78 Å². The molecule has 3 nitrogen and oxygen atoms in total. The van der Waals surface area contributed by atoms with E-state index in [2.05, 4.69) is 26.1 Å². The Balaban J connectivity index is 2.31. The van der Waals surface area contributed by atoms with Gasteiger partial charge in [0.25, 0.3) is 6.43 Å². The molecule has 0 aromatic carbocycles. The summed E-state index contributed by atoms with van der Waals surface area (Å²) in [5.41, 5.74) is -0.0737. The van der Waals surface area contributed by atoms with Gasteiger partial charge < -0.3 is 0 Å². The number of rotatable bonds is 3. The summed E-state index contributed by atoms with van der Waals surface area (Å²) in [5, 5.41) is 0. The van der Waals surface area contributed by atoms with Gasteiger partial charge in [-0.25, -0.2) is 22.7 Å². The Kier molecular flexibility index (Phi) is 3.63. The molecule has 88 valence electrons. The van der Waals surface area contributed by atoms with E-state index < -0.39 is 6.43 Å². The van der Waals surface area contributed by atoms with Crippen LogP contribution in [0.5, 0.6) is 0 Å². The fourth-order valence-corrected chi connectivity index (χ4v) is 1.67.